The van der Waals surface area contributed by atoms with Gasteiger partial charge in [-0.25, -0.2) is 4.79 Å². The normalized spacial score (nSPS) is 25.8. The highest BCUT2D eigenvalue weighted by Crippen LogP contribution is 2.24. The zero-order chi connectivity index (χ0) is 14.8. The number of carbonyl (C=O) groups excluding carboxylic acids is 1. The summed E-state index contributed by atoms with van der Waals surface area (Å²) in [6.45, 7) is 13.2. The summed E-state index contributed by atoms with van der Waals surface area (Å²) in [5.74, 6) is 0.468. The summed E-state index contributed by atoms with van der Waals surface area (Å²) in [7, 11) is 0. The van der Waals surface area contributed by atoms with Gasteiger partial charge >= 0.3 is 6.09 Å². The lowest BCUT2D eigenvalue weighted by Crippen LogP contribution is -2.36. The Morgan fingerprint density at radius 2 is 1.84 bits per heavy atom. The first kappa shape index (κ1) is 16.8. The average Bonchev–Trinajstić information content (AvgIpc) is 2.57. The van der Waals surface area contributed by atoms with Crippen LogP contribution in [0, 0.1) is 5.92 Å². The Balaban J connectivity index is 2.52. The van der Waals surface area contributed by atoms with E-state index in [9.17, 15) is 4.79 Å². The molecule has 0 radical (unpaired) electrons. The number of ether oxygens (including phenoxy) is 2. The third-order valence-corrected chi connectivity index (χ3v) is 4.06. The van der Waals surface area contributed by atoms with E-state index < -0.39 is 5.60 Å². The van der Waals surface area contributed by atoms with Gasteiger partial charge in [-0.3, -0.25) is 0 Å². The van der Waals surface area contributed by atoms with E-state index in [1.165, 1.54) is 0 Å². The minimum atomic E-state index is -0.455. The molecule has 112 valence electrons. The number of alkyl halides is 1. The maximum Gasteiger partial charge on any atom is 0.410 e. The SMILES string of the molecule is CC(C)C(C)OC1CN(C(=O)OC(C)(C)C)CC1Br. The third kappa shape index (κ3) is 5.30. The van der Waals surface area contributed by atoms with Gasteiger partial charge in [-0.05, 0) is 33.6 Å². The second-order valence-corrected chi connectivity index (χ2v) is 7.70. The van der Waals surface area contributed by atoms with E-state index in [4.69, 9.17) is 9.47 Å². The summed E-state index contributed by atoms with van der Waals surface area (Å²) >= 11 is 3.60. The van der Waals surface area contributed by atoms with Crippen molar-refractivity contribution in [2.45, 2.75) is 64.2 Å². The van der Waals surface area contributed by atoms with Gasteiger partial charge in [0.1, 0.15) is 5.60 Å². The number of hydrogen-bond acceptors (Lipinski definition) is 3. The molecule has 1 amide bonds. The van der Waals surface area contributed by atoms with E-state index in [1.54, 1.807) is 4.90 Å². The van der Waals surface area contributed by atoms with Gasteiger partial charge in [0.25, 0.3) is 0 Å². The van der Waals surface area contributed by atoms with Gasteiger partial charge in [0.2, 0.25) is 0 Å². The highest BCUT2D eigenvalue weighted by atomic mass is 79.9. The molecule has 0 N–H and O–H groups in total. The molecule has 0 saturated carbocycles. The van der Waals surface area contributed by atoms with E-state index in [0.717, 1.165) is 0 Å². The fraction of sp³-hybridized carbons (Fsp3) is 0.929. The first-order chi connectivity index (χ1) is 8.60. The van der Waals surface area contributed by atoms with E-state index in [1.807, 2.05) is 20.8 Å². The summed E-state index contributed by atoms with van der Waals surface area (Å²) in [6, 6.07) is 0. The van der Waals surface area contributed by atoms with Crippen LogP contribution >= 0.6 is 15.9 Å². The van der Waals surface area contributed by atoms with Crippen LogP contribution < -0.4 is 0 Å². The molecule has 0 aromatic carbocycles. The van der Waals surface area contributed by atoms with Crippen LogP contribution in [0.5, 0.6) is 0 Å². The maximum absolute atomic E-state index is 12.0. The highest BCUT2D eigenvalue weighted by Gasteiger charge is 2.37. The van der Waals surface area contributed by atoms with Crippen molar-refractivity contribution in [3.05, 3.63) is 0 Å². The number of rotatable bonds is 3. The molecule has 5 heteroatoms. The van der Waals surface area contributed by atoms with Gasteiger partial charge < -0.3 is 14.4 Å². The molecule has 4 nitrogen and oxygen atoms in total. The van der Waals surface area contributed by atoms with E-state index in [-0.39, 0.29) is 23.1 Å². The van der Waals surface area contributed by atoms with Crippen molar-refractivity contribution in [3.63, 3.8) is 0 Å². The maximum atomic E-state index is 12.0. The summed E-state index contributed by atoms with van der Waals surface area (Å²) in [4.78, 5) is 13.9. The molecule has 1 fully saturated rings. The predicted octanol–water partition coefficient (Wildman–Crippen LogP) is 3.43. The molecule has 0 aromatic rings. The number of hydrogen-bond donors (Lipinski definition) is 0. The summed E-state index contributed by atoms with van der Waals surface area (Å²) < 4.78 is 11.4. The van der Waals surface area contributed by atoms with Crippen LogP contribution in [0.4, 0.5) is 4.79 Å². The largest absolute Gasteiger partial charge is 0.444 e. The zero-order valence-electron chi connectivity index (χ0n) is 12.8. The first-order valence-electron chi connectivity index (χ1n) is 6.87. The van der Waals surface area contributed by atoms with Crippen LogP contribution in [0.1, 0.15) is 41.5 Å². The van der Waals surface area contributed by atoms with Crippen LogP contribution in [-0.2, 0) is 9.47 Å². The molecular weight excluding hydrogens is 310 g/mol. The fourth-order valence-corrected chi connectivity index (χ4v) is 2.41. The van der Waals surface area contributed by atoms with E-state index >= 15 is 0 Å². The first-order valence-corrected chi connectivity index (χ1v) is 7.79. The van der Waals surface area contributed by atoms with Crippen molar-refractivity contribution in [1.29, 1.82) is 0 Å². The molecule has 3 unspecified atom stereocenters. The minimum Gasteiger partial charge on any atom is -0.444 e. The molecule has 1 saturated heterocycles. The fourth-order valence-electron chi connectivity index (χ4n) is 1.77. The molecule has 0 spiro atoms. The van der Waals surface area contributed by atoms with Crippen molar-refractivity contribution < 1.29 is 14.3 Å². The number of carbonyl (C=O) groups is 1. The molecule has 1 heterocycles. The Kier molecular flexibility index (Phi) is 5.68. The average molecular weight is 336 g/mol. The Bertz CT molecular complexity index is 314. The van der Waals surface area contributed by atoms with Crippen LogP contribution in [0.25, 0.3) is 0 Å². The van der Waals surface area contributed by atoms with Crippen molar-refractivity contribution in [1.82, 2.24) is 4.90 Å². The Morgan fingerprint density at radius 1 is 1.26 bits per heavy atom. The molecule has 1 aliphatic rings. The lowest BCUT2D eigenvalue weighted by atomic mass is 10.1. The van der Waals surface area contributed by atoms with E-state index in [0.29, 0.717) is 19.0 Å². The standard InChI is InChI=1S/C14H26BrNO3/c1-9(2)10(3)18-12-8-16(7-11(12)15)13(17)19-14(4,5)6/h9-12H,7-8H2,1-6H3. The molecule has 0 bridgehead atoms. The molecule has 0 aliphatic carbocycles. The number of likely N-dealkylation sites (tertiary alicyclic amines) is 1. The van der Waals surface area contributed by atoms with Crippen LogP contribution in [-0.4, -0.2) is 46.7 Å². The van der Waals surface area contributed by atoms with Gasteiger partial charge in [-0.1, -0.05) is 29.8 Å². The van der Waals surface area contributed by atoms with Crippen molar-refractivity contribution in [3.8, 4) is 0 Å². The second-order valence-electron chi connectivity index (χ2n) is 6.52. The Hall–Kier alpha value is -0.290. The second kappa shape index (κ2) is 6.44. The third-order valence-electron chi connectivity index (χ3n) is 3.18. The predicted molar refractivity (Wildman–Crippen MR) is 79.7 cm³/mol. The van der Waals surface area contributed by atoms with Crippen molar-refractivity contribution in [2.75, 3.05) is 13.1 Å². The molecule has 0 aromatic heterocycles. The van der Waals surface area contributed by atoms with Gasteiger partial charge in [-0.15, -0.1) is 0 Å². The summed E-state index contributed by atoms with van der Waals surface area (Å²) in [5.41, 5.74) is -0.455. The lowest BCUT2D eigenvalue weighted by Gasteiger charge is -2.25. The number of nitrogens with zero attached hydrogens (tertiary/aromatic N) is 1. The van der Waals surface area contributed by atoms with Crippen LogP contribution in [0.2, 0.25) is 0 Å². The number of amides is 1. The molecule has 1 rings (SSSR count). The van der Waals surface area contributed by atoms with Gasteiger partial charge in [-0.2, -0.15) is 0 Å². The molecule has 1 aliphatic heterocycles. The lowest BCUT2D eigenvalue weighted by molar-refractivity contribution is -0.0199. The minimum absolute atomic E-state index is 0.0323. The van der Waals surface area contributed by atoms with E-state index in [2.05, 4.69) is 36.7 Å². The molecule has 19 heavy (non-hydrogen) atoms. The smallest absolute Gasteiger partial charge is 0.410 e. The zero-order valence-corrected chi connectivity index (χ0v) is 14.4. The van der Waals surface area contributed by atoms with Crippen LogP contribution in [0.15, 0.2) is 0 Å². The molecular formula is C14H26BrNO3. The summed E-state index contributed by atoms with van der Waals surface area (Å²) in [6.07, 6.45) is -0.0474. The van der Waals surface area contributed by atoms with Gasteiger partial charge in [0.05, 0.1) is 23.6 Å². The van der Waals surface area contributed by atoms with Crippen LogP contribution in [0.3, 0.4) is 0 Å². The Morgan fingerprint density at radius 3 is 2.32 bits per heavy atom. The quantitative estimate of drug-likeness (QED) is 0.741. The topological polar surface area (TPSA) is 38.8 Å². The Labute approximate surface area is 124 Å². The van der Waals surface area contributed by atoms with Gasteiger partial charge in [0.15, 0.2) is 0 Å². The van der Waals surface area contributed by atoms with Crippen molar-refractivity contribution >= 4 is 22.0 Å². The highest BCUT2D eigenvalue weighted by molar-refractivity contribution is 9.09. The number of halogens is 1. The van der Waals surface area contributed by atoms with Gasteiger partial charge in [0, 0.05) is 6.54 Å². The summed E-state index contributed by atoms with van der Waals surface area (Å²) in [5, 5.41) is 0. The van der Waals surface area contributed by atoms with Crippen molar-refractivity contribution in [2.24, 2.45) is 5.92 Å². The molecule has 3 atom stereocenters. The monoisotopic (exact) mass is 335 g/mol.